The Morgan fingerprint density at radius 1 is 1.05 bits per heavy atom. The van der Waals surface area contributed by atoms with Crippen molar-refractivity contribution < 1.29 is 13.6 Å². The van der Waals surface area contributed by atoms with E-state index in [2.05, 4.69) is 34.1 Å². The summed E-state index contributed by atoms with van der Waals surface area (Å²) in [6.45, 7) is 1.04. The van der Waals surface area contributed by atoms with Gasteiger partial charge in [-0.15, -0.1) is 0 Å². The molecule has 0 saturated heterocycles. The number of rotatable bonds is 6. The molecule has 2 aromatic carbocycles. The maximum atomic E-state index is 14.6. The Balaban J connectivity index is 1.48. The first kappa shape index (κ1) is 23.7. The minimum Gasteiger partial charge on any atom is -0.350 e. The largest absolute Gasteiger partial charge is 0.350 e. The van der Waals surface area contributed by atoms with Gasteiger partial charge in [-0.1, -0.05) is 0 Å². The van der Waals surface area contributed by atoms with Crippen LogP contribution in [-0.4, -0.2) is 53.0 Å². The third-order valence-electron chi connectivity index (χ3n) is 7.69. The van der Waals surface area contributed by atoms with Crippen molar-refractivity contribution in [3.05, 3.63) is 66.0 Å². The van der Waals surface area contributed by atoms with Crippen molar-refractivity contribution in [2.75, 3.05) is 25.5 Å². The molecule has 6 rings (SSSR count). The highest BCUT2D eigenvalue weighted by Crippen LogP contribution is 2.41. The Kier molecular flexibility index (Phi) is 5.75. The maximum absolute atomic E-state index is 14.6. The summed E-state index contributed by atoms with van der Waals surface area (Å²) >= 11 is 0. The lowest BCUT2D eigenvalue weighted by Crippen LogP contribution is -2.41. The Bertz CT molecular complexity index is 1540. The number of hydrazone groups is 1. The lowest BCUT2D eigenvalue weighted by atomic mass is 10.1. The Morgan fingerprint density at radius 3 is 2.51 bits per heavy atom. The van der Waals surface area contributed by atoms with E-state index in [1.54, 1.807) is 11.0 Å². The lowest BCUT2D eigenvalue weighted by Gasteiger charge is -2.23. The number of nitrogens with one attached hydrogen (secondary N) is 1. The first-order chi connectivity index (χ1) is 17.8. The Labute approximate surface area is 213 Å². The fourth-order valence-electron chi connectivity index (χ4n) is 6.15. The molecule has 3 atom stereocenters. The van der Waals surface area contributed by atoms with Crippen LogP contribution in [0.5, 0.6) is 0 Å². The van der Waals surface area contributed by atoms with Crippen LogP contribution in [0.4, 0.5) is 14.5 Å². The summed E-state index contributed by atoms with van der Waals surface area (Å²) < 4.78 is 32.9. The van der Waals surface area contributed by atoms with Gasteiger partial charge in [0.2, 0.25) is 0 Å². The molecule has 4 aromatic rings. The summed E-state index contributed by atoms with van der Waals surface area (Å²) in [4.78, 5) is 16.2. The second-order valence-corrected chi connectivity index (χ2v) is 10.5. The van der Waals surface area contributed by atoms with E-state index in [0.29, 0.717) is 33.8 Å². The average molecular weight is 505 g/mol. The molecule has 0 radical (unpaired) electrons. The molecule has 192 valence electrons. The number of aldehydes is 1. The normalized spacial score (nSPS) is 21.8. The number of benzene rings is 2. The fraction of sp³-hybridized carbons (Fsp3) is 0.357. The summed E-state index contributed by atoms with van der Waals surface area (Å²) in [5, 5.41) is 5.91. The van der Waals surface area contributed by atoms with E-state index in [1.807, 2.05) is 30.1 Å². The molecule has 1 fully saturated rings. The molecule has 37 heavy (non-hydrogen) atoms. The molecule has 7 nitrogen and oxygen atoms in total. The highest BCUT2D eigenvalue weighted by atomic mass is 19.1. The monoisotopic (exact) mass is 504 g/mol. The molecular formula is C28H30F2N6O. The van der Waals surface area contributed by atoms with Gasteiger partial charge in [0.15, 0.2) is 18.3 Å². The predicted octanol–water partition coefficient (Wildman–Crippen LogP) is 4.61. The van der Waals surface area contributed by atoms with Crippen molar-refractivity contribution in [3.63, 3.8) is 0 Å². The van der Waals surface area contributed by atoms with Crippen LogP contribution in [0.25, 0.3) is 21.8 Å². The number of carbonyl (C=O) groups is 1. The number of hydrogen-bond acceptors (Lipinski definition) is 5. The number of amidine groups is 1. The molecule has 2 aliphatic rings. The molecule has 1 N–H and O–H groups in total. The van der Waals surface area contributed by atoms with Gasteiger partial charge in [0.1, 0.15) is 11.6 Å². The summed E-state index contributed by atoms with van der Waals surface area (Å²) in [5.74, 6) is 0.398. The SMILES string of the molecule is CN(C)CC1CCC(n2cc(N3C(c4cn(C)c5ccc(F)cc45)=NNC3C=O)c3cc(F)ccc32)C1. The molecule has 0 amide bonds. The summed E-state index contributed by atoms with van der Waals surface area (Å²) in [6.07, 6.45) is 7.13. The van der Waals surface area contributed by atoms with E-state index >= 15 is 0 Å². The number of anilines is 1. The van der Waals surface area contributed by atoms with Gasteiger partial charge in [-0.3, -0.25) is 15.1 Å². The molecule has 2 aromatic heterocycles. The number of nitrogens with zero attached hydrogens (tertiary/aromatic N) is 5. The third-order valence-corrected chi connectivity index (χ3v) is 7.69. The van der Waals surface area contributed by atoms with Crippen LogP contribution in [0.2, 0.25) is 0 Å². The first-order valence-corrected chi connectivity index (χ1v) is 12.6. The van der Waals surface area contributed by atoms with Crippen LogP contribution >= 0.6 is 0 Å². The highest BCUT2D eigenvalue weighted by Gasteiger charge is 2.35. The summed E-state index contributed by atoms with van der Waals surface area (Å²) in [7, 11) is 6.08. The van der Waals surface area contributed by atoms with Crippen molar-refractivity contribution in [1.29, 1.82) is 0 Å². The van der Waals surface area contributed by atoms with Crippen LogP contribution in [0, 0.1) is 17.6 Å². The van der Waals surface area contributed by atoms with Crippen LogP contribution in [0.3, 0.4) is 0 Å². The second kappa shape index (κ2) is 8.99. The van der Waals surface area contributed by atoms with E-state index in [0.717, 1.165) is 43.1 Å². The Morgan fingerprint density at radius 2 is 1.78 bits per heavy atom. The molecule has 0 bridgehead atoms. The van der Waals surface area contributed by atoms with E-state index in [-0.39, 0.29) is 17.7 Å². The van der Waals surface area contributed by atoms with E-state index < -0.39 is 6.17 Å². The summed E-state index contributed by atoms with van der Waals surface area (Å²) in [5.41, 5.74) is 6.07. The van der Waals surface area contributed by atoms with Gasteiger partial charge in [-0.25, -0.2) is 8.78 Å². The molecule has 0 spiro atoms. The molecule has 3 unspecified atom stereocenters. The summed E-state index contributed by atoms with van der Waals surface area (Å²) in [6, 6.07) is 9.73. The number of aryl methyl sites for hydroxylation is 1. The van der Waals surface area contributed by atoms with Gasteiger partial charge in [-0.2, -0.15) is 5.10 Å². The smallest absolute Gasteiger partial charge is 0.177 e. The van der Waals surface area contributed by atoms with Crippen molar-refractivity contribution in [3.8, 4) is 0 Å². The number of carbonyl (C=O) groups excluding carboxylic acids is 1. The third kappa shape index (κ3) is 3.98. The topological polar surface area (TPSA) is 57.8 Å². The van der Waals surface area contributed by atoms with Crippen LogP contribution in [0.1, 0.15) is 30.9 Å². The van der Waals surface area contributed by atoms with Crippen LogP contribution in [0.15, 0.2) is 53.9 Å². The van der Waals surface area contributed by atoms with Crippen molar-refractivity contribution in [2.45, 2.75) is 31.5 Å². The number of halogens is 2. The van der Waals surface area contributed by atoms with Crippen LogP contribution < -0.4 is 10.3 Å². The zero-order chi connectivity index (χ0) is 25.8. The van der Waals surface area contributed by atoms with Crippen molar-refractivity contribution >= 4 is 39.6 Å². The number of hydrogen-bond donors (Lipinski definition) is 1. The molecule has 1 aliphatic heterocycles. The molecule has 3 heterocycles. The molecule has 9 heteroatoms. The van der Waals surface area contributed by atoms with E-state index in [9.17, 15) is 13.6 Å². The van der Waals surface area contributed by atoms with E-state index in [4.69, 9.17) is 0 Å². The maximum Gasteiger partial charge on any atom is 0.177 e. The molecular weight excluding hydrogens is 474 g/mol. The second-order valence-electron chi connectivity index (χ2n) is 10.5. The van der Waals surface area contributed by atoms with Gasteiger partial charge >= 0.3 is 0 Å². The van der Waals surface area contributed by atoms with Gasteiger partial charge in [0.25, 0.3) is 0 Å². The molecule has 1 aliphatic carbocycles. The Hall–Kier alpha value is -3.72. The standard InChI is InChI=1S/C28H30F2N6O/c1-33(2)13-17-4-7-20(10-17)35-15-26(22-12-19(30)6-9-25(22)35)36-27(16-37)31-32-28(36)23-14-34(3)24-8-5-18(29)11-21(23)24/h5-6,8-9,11-12,14-17,20,27,31H,4,7,10,13H2,1-3H3. The minimum absolute atomic E-state index is 0.281. The lowest BCUT2D eigenvalue weighted by molar-refractivity contribution is -0.109. The van der Waals surface area contributed by atoms with E-state index in [1.165, 1.54) is 24.3 Å². The minimum atomic E-state index is -0.772. The number of aromatic nitrogens is 2. The fourth-order valence-corrected chi connectivity index (χ4v) is 6.15. The zero-order valence-electron chi connectivity index (χ0n) is 21.2. The van der Waals surface area contributed by atoms with Gasteiger partial charge < -0.3 is 14.0 Å². The van der Waals surface area contributed by atoms with Crippen molar-refractivity contribution in [1.82, 2.24) is 19.5 Å². The van der Waals surface area contributed by atoms with Gasteiger partial charge in [0, 0.05) is 53.9 Å². The van der Waals surface area contributed by atoms with Gasteiger partial charge in [0.05, 0.1) is 11.2 Å². The first-order valence-electron chi connectivity index (χ1n) is 12.6. The quantitative estimate of drug-likeness (QED) is 0.390. The number of fused-ring (bicyclic) bond motifs is 2. The van der Waals surface area contributed by atoms with Crippen LogP contribution in [-0.2, 0) is 11.8 Å². The molecule has 1 saturated carbocycles. The predicted molar refractivity (Wildman–Crippen MR) is 142 cm³/mol. The van der Waals surface area contributed by atoms with Gasteiger partial charge in [-0.05, 0) is 75.7 Å². The average Bonchev–Trinajstić information content (AvgIpc) is 3.62. The van der Waals surface area contributed by atoms with Crippen molar-refractivity contribution in [2.24, 2.45) is 18.1 Å². The zero-order valence-corrected chi connectivity index (χ0v) is 21.2. The highest BCUT2D eigenvalue weighted by molar-refractivity contribution is 6.21.